The maximum atomic E-state index is 13.7. The van der Waals surface area contributed by atoms with Crippen molar-refractivity contribution in [1.82, 2.24) is 19.5 Å². The number of carbonyl (C=O) groups is 1. The summed E-state index contributed by atoms with van der Waals surface area (Å²) in [7, 11) is 1.54. The number of fused-ring (bicyclic) bond motifs is 1. The minimum atomic E-state index is -0.488. The first-order valence-corrected chi connectivity index (χ1v) is 10.5. The van der Waals surface area contributed by atoms with Gasteiger partial charge in [-0.3, -0.25) is 14.2 Å². The lowest BCUT2D eigenvalue weighted by Crippen LogP contribution is -2.33. The highest BCUT2D eigenvalue weighted by Gasteiger charge is 2.27. The first kappa shape index (κ1) is 21.7. The van der Waals surface area contributed by atoms with E-state index in [1.165, 1.54) is 0 Å². The number of methoxy groups -OCH3 is 1. The lowest BCUT2D eigenvalue weighted by molar-refractivity contribution is -0.125. The smallest absolute Gasteiger partial charge is 0.260 e. The molecule has 3 aromatic heterocycles. The average Bonchev–Trinajstić information content (AvgIpc) is 2.78. The Morgan fingerprint density at radius 2 is 1.97 bits per heavy atom. The number of hydrogen-bond acceptors (Lipinski definition) is 8. The molecule has 168 valence electrons. The van der Waals surface area contributed by atoms with Gasteiger partial charge in [-0.25, -0.2) is 9.97 Å². The van der Waals surface area contributed by atoms with Crippen LogP contribution in [-0.4, -0.2) is 45.2 Å². The first-order chi connectivity index (χ1) is 15.4. The van der Waals surface area contributed by atoms with Crippen LogP contribution in [0.1, 0.15) is 37.4 Å². The van der Waals surface area contributed by atoms with Gasteiger partial charge in [-0.2, -0.15) is 4.98 Å². The first-order valence-electron chi connectivity index (χ1n) is 10.5. The zero-order valence-electron chi connectivity index (χ0n) is 18.1. The zero-order chi connectivity index (χ0) is 22.8. The van der Waals surface area contributed by atoms with Crippen molar-refractivity contribution in [3.63, 3.8) is 0 Å². The van der Waals surface area contributed by atoms with Gasteiger partial charge in [0, 0.05) is 34.8 Å². The largest absolute Gasteiger partial charge is 0.481 e. The third-order valence-corrected chi connectivity index (χ3v) is 5.83. The molecule has 0 radical (unpaired) electrons. The molecule has 0 aliphatic heterocycles. The van der Waals surface area contributed by atoms with Gasteiger partial charge >= 0.3 is 0 Å². The number of rotatable bonds is 6. The molecule has 4 N–H and O–H groups in total. The molecule has 1 saturated carbocycles. The molecule has 0 aromatic carbocycles. The predicted molar refractivity (Wildman–Crippen MR) is 119 cm³/mol. The summed E-state index contributed by atoms with van der Waals surface area (Å²) in [5, 5.41) is 0.761. The summed E-state index contributed by atoms with van der Waals surface area (Å²) in [5.74, 6) is 0.106. The Morgan fingerprint density at radius 3 is 2.59 bits per heavy atom. The Labute approximate surface area is 184 Å². The van der Waals surface area contributed by atoms with Crippen molar-refractivity contribution in [2.24, 2.45) is 5.73 Å². The highest BCUT2D eigenvalue weighted by atomic mass is 16.5. The normalized spacial score (nSPS) is 18.6. The highest BCUT2D eigenvalue weighted by molar-refractivity contribution is 5.84. The van der Waals surface area contributed by atoms with E-state index in [4.69, 9.17) is 20.9 Å². The van der Waals surface area contributed by atoms with Crippen LogP contribution in [0.2, 0.25) is 0 Å². The molecule has 0 atom stereocenters. The van der Waals surface area contributed by atoms with E-state index in [2.05, 4.69) is 15.0 Å². The number of carbonyl (C=O) groups excluding carboxylic acids is 1. The molecule has 1 aliphatic rings. The van der Waals surface area contributed by atoms with E-state index in [1.54, 1.807) is 36.1 Å². The predicted octanol–water partition coefficient (Wildman–Crippen LogP) is 1.74. The lowest BCUT2D eigenvalue weighted by Gasteiger charge is -2.30. The Hall–Kier alpha value is -3.53. The standard InChI is InChI=1S/C22H26N6O4/c1-12-16-9-17(13-3-8-19(31-2)25-10-13)21(30)28(20(16)27-22(24)26-12)14-4-6-15(7-5-14)32-11-18(23)29/h3,8-10,14-15H,4-7,11H2,1-2H3,(H2,23,29)(H2,24,26,27)/t14-,15-. The molecule has 0 unspecified atom stereocenters. The number of nitrogens with zero attached hydrogens (tertiary/aromatic N) is 4. The third-order valence-electron chi connectivity index (χ3n) is 5.83. The SMILES string of the molecule is COc1ccc(-c2cc3c(C)nc(N)nc3n([C@H]3CC[C@H](OCC(N)=O)CC3)c2=O)cn1. The summed E-state index contributed by atoms with van der Waals surface area (Å²) in [6, 6.07) is 5.24. The van der Waals surface area contributed by atoms with Crippen LogP contribution >= 0.6 is 0 Å². The summed E-state index contributed by atoms with van der Waals surface area (Å²) >= 11 is 0. The van der Waals surface area contributed by atoms with Crippen LogP contribution in [0.25, 0.3) is 22.2 Å². The summed E-state index contributed by atoms with van der Waals surface area (Å²) in [4.78, 5) is 37.6. The Bertz CT molecular complexity index is 1200. The summed E-state index contributed by atoms with van der Waals surface area (Å²) < 4.78 is 12.4. The van der Waals surface area contributed by atoms with Crippen LogP contribution in [0.15, 0.2) is 29.2 Å². The minimum absolute atomic E-state index is 0.0591. The third kappa shape index (κ3) is 4.26. The molecule has 4 rings (SSSR count). The lowest BCUT2D eigenvalue weighted by atomic mass is 9.92. The molecule has 0 bridgehead atoms. The number of nitrogens with two attached hydrogens (primary N) is 2. The van der Waals surface area contributed by atoms with Gasteiger partial charge in [0.25, 0.3) is 5.56 Å². The van der Waals surface area contributed by atoms with Crippen molar-refractivity contribution in [3.8, 4) is 17.0 Å². The van der Waals surface area contributed by atoms with Crippen molar-refractivity contribution in [2.45, 2.75) is 44.8 Å². The van der Waals surface area contributed by atoms with Gasteiger partial charge in [-0.1, -0.05) is 0 Å². The van der Waals surface area contributed by atoms with E-state index in [0.29, 0.717) is 54.0 Å². The molecule has 3 heterocycles. The van der Waals surface area contributed by atoms with E-state index in [-0.39, 0.29) is 30.3 Å². The number of amides is 1. The van der Waals surface area contributed by atoms with Crippen LogP contribution < -0.4 is 21.8 Å². The summed E-state index contributed by atoms with van der Waals surface area (Å²) in [6.45, 7) is 1.75. The Kier molecular flexibility index (Phi) is 6.04. The summed E-state index contributed by atoms with van der Waals surface area (Å²) in [6.07, 6.45) is 4.38. The fraction of sp³-hybridized carbons (Fsp3) is 0.409. The second kappa shape index (κ2) is 8.91. The number of pyridine rings is 2. The minimum Gasteiger partial charge on any atom is -0.481 e. The summed E-state index contributed by atoms with van der Waals surface area (Å²) in [5.41, 5.74) is 13.3. The molecule has 1 fully saturated rings. The van der Waals surface area contributed by atoms with Gasteiger partial charge < -0.3 is 20.9 Å². The second-order valence-electron chi connectivity index (χ2n) is 7.93. The van der Waals surface area contributed by atoms with E-state index < -0.39 is 5.91 Å². The number of primary amides is 1. The molecule has 1 aliphatic carbocycles. The maximum Gasteiger partial charge on any atom is 0.260 e. The number of aromatic nitrogens is 4. The Morgan fingerprint density at radius 1 is 1.22 bits per heavy atom. The number of anilines is 1. The molecule has 10 nitrogen and oxygen atoms in total. The number of ether oxygens (including phenoxy) is 2. The molecule has 1 amide bonds. The Balaban J connectivity index is 1.77. The van der Waals surface area contributed by atoms with E-state index in [9.17, 15) is 9.59 Å². The van der Waals surface area contributed by atoms with Crippen molar-refractivity contribution in [3.05, 3.63) is 40.4 Å². The molecule has 0 spiro atoms. The van der Waals surface area contributed by atoms with Crippen LogP contribution in [0.5, 0.6) is 5.88 Å². The zero-order valence-corrected chi connectivity index (χ0v) is 18.1. The van der Waals surface area contributed by atoms with Crippen LogP contribution in [-0.2, 0) is 9.53 Å². The molecule has 3 aromatic rings. The monoisotopic (exact) mass is 438 g/mol. The van der Waals surface area contributed by atoms with Gasteiger partial charge in [-0.05, 0) is 44.7 Å². The van der Waals surface area contributed by atoms with Crippen molar-refractivity contribution < 1.29 is 14.3 Å². The van der Waals surface area contributed by atoms with Gasteiger partial charge in [0.15, 0.2) is 0 Å². The second-order valence-corrected chi connectivity index (χ2v) is 7.93. The highest BCUT2D eigenvalue weighted by Crippen LogP contribution is 2.33. The van der Waals surface area contributed by atoms with E-state index in [1.807, 2.05) is 6.92 Å². The quantitative estimate of drug-likeness (QED) is 0.591. The van der Waals surface area contributed by atoms with E-state index >= 15 is 0 Å². The van der Waals surface area contributed by atoms with Crippen LogP contribution in [0.3, 0.4) is 0 Å². The van der Waals surface area contributed by atoms with Crippen molar-refractivity contribution >= 4 is 22.9 Å². The van der Waals surface area contributed by atoms with Gasteiger partial charge in [0.05, 0.1) is 18.9 Å². The van der Waals surface area contributed by atoms with Gasteiger partial charge in [-0.15, -0.1) is 0 Å². The molecule has 0 saturated heterocycles. The van der Waals surface area contributed by atoms with Crippen molar-refractivity contribution in [2.75, 3.05) is 19.5 Å². The number of hydrogen-bond donors (Lipinski definition) is 2. The molecule has 10 heteroatoms. The molecular weight excluding hydrogens is 412 g/mol. The molecule has 32 heavy (non-hydrogen) atoms. The fourth-order valence-corrected chi connectivity index (χ4v) is 4.25. The van der Waals surface area contributed by atoms with E-state index in [0.717, 1.165) is 5.39 Å². The molecular formula is C22H26N6O4. The topological polar surface area (TPSA) is 148 Å². The number of nitrogen functional groups attached to an aromatic ring is 1. The fourth-order valence-electron chi connectivity index (χ4n) is 4.25. The number of aryl methyl sites for hydroxylation is 1. The van der Waals surface area contributed by atoms with Crippen LogP contribution in [0.4, 0.5) is 5.95 Å². The van der Waals surface area contributed by atoms with Crippen molar-refractivity contribution in [1.29, 1.82) is 0 Å². The van der Waals surface area contributed by atoms with Gasteiger partial charge in [0.1, 0.15) is 12.3 Å². The maximum absolute atomic E-state index is 13.7. The van der Waals surface area contributed by atoms with Gasteiger partial charge in [0.2, 0.25) is 17.7 Å². The average molecular weight is 438 g/mol. The van der Waals surface area contributed by atoms with Crippen LogP contribution in [0, 0.1) is 6.92 Å².